The minimum atomic E-state index is -0.152. The Morgan fingerprint density at radius 1 is 1.35 bits per heavy atom. The molecule has 2 heterocycles. The number of hydrogen-bond donors (Lipinski definition) is 1. The fraction of sp³-hybridized carbons (Fsp3) is 0.250. The van der Waals surface area contributed by atoms with Crippen LogP contribution in [0.4, 0.5) is 5.69 Å². The Labute approximate surface area is 159 Å². The van der Waals surface area contributed by atoms with Gasteiger partial charge in [0.2, 0.25) is 11.8 Å². The Hall–Kier alpha value is -2.52. The van der Waals surface area contributed by atoms with Crippen LogP contribution in [-0.2, 0) is 18.9 Å². The number of nitrogens with zero attached hydrogens (tertiary/aromatic N) is 5. The first-order valence-electron chi connectivity index (χ1n) is 7.63. The number of anilines is 1. The van der Waals surface area contributed by atoms with Crippen molar-refractivity contribution in [3.8, 4) is 17.3 Å². The number of benzene rings is 1. The number of nitrogens with one attached hydrogen (secondary N) is 1. The number of aromatic nitrogens is 5. The number of amides is 1. The molecule has 0 aliphatic carbocycles. The lowest BCUT2D eigenvalue weighted by Gasteiger charge is -2.06. The number of rotatable bonds is 6. The van der Waals surface area contributed by atoms with E-state index in [1.54, 1.807) is 47.7 Å². The highest BCUT2D eigenvalue weighted by atomic mass is 35.5. The van der Waals surface area contributed by atoms with E-state index in [1.165, 1.54) is 11.8 Å². The first kappa shape index (κ1) is 18.3. The molecule has 3 aromatic rings. The van der Waals surface area contributed by atoms with Crippen molar-refractivity contribution >= 4 is 35.0 Å². The van der Waals surface area contributed by atoms with Gasteiger partial charge in [-0.05, 0) is 18.2 Å². The molecule has 0 unspecified atom stereocenters. The lowest BCUT2D eigenvalue weighted by molar-refractivity contribution is -0.113. The maximum atomic E-state index is 12.1. The van der Waals surface area contributed by atoms with Gasteiger partial charge in [-0.1, -0.05) is 29.4 Å². The second kappa shape index (κ2) is 7.79. The normalized spacial score (nSPS) is 10.8. The van der Waals surface area contributed by atoms with Crippen LogP contribution < -0.4 is 10.1 Å². The van der Waals surface area contributed by atoms with E-state index >= 15 is 0 Å². The van der Waals surface area contributed by atoms with Gasteiger partial charge in [0.05, 0.1) is 12.9 Å². The topological polar surface area (TPSA) is 86.9 Å². The molecule has 136 valence electrons. The molecule has 0 saturated carbocycles. The molecule has 0 spiro atoms. The van der Waals surface area contributed by atoms with Crippen LogP contribution in [-0.4, -0.2) is 43.3 Å². The predicted molar refractivity (Wildman–Crippen MR) is 101 cm³/mol. The Morgan fingerprint density at radius 3 is 2.88 bits per heavy atom. The summed E-state index contributed by atoms with van der Waals surface area (Å²) in [6, 6.07) is 7.00. The SMILES string of the molecule is COc1nn(C)cc1-c1nnc(SCC(=O)Nc2cccc(Cl)c2)n1C. The van der Waals surface area contributed by atoms with Crippen molar-refractivity contribution in [2.45, 2.75) is 5.16 Å². The molecule has 26 heavy (non-hydrogen) atoms. The van der Waals surface area contributed by atoms with Crippen molar-refractivity contribution < 1.29 is 9.53 Å². The summed E-state index contributed by atoms with van der Waals surface area (Å²) in [5, 5.41) is 16.5. The van der Waals surface area contributed by atoms with E-state index in [9.17, 15) is 4.79 Å². The molecule has 1 aromatic carbocycles. The molecule has 1 N–H and O–H groups in total. The van der Waals surface area contributed by atoms with Gasteiger partial charge in [0.1, 0.15) is 5.56 Å². The summed E-state index contributed by atoms with van der Waals surface area (Å²) in [7, 11) is 5.19. The van der Waals surface area contributed by atoms with Gasteiger partial charge in [0, 0.05) is 31.0 Å². The number of thioether (sulfide) groups is 1. The Morgan fingerprint density at radius 2 is 2.15 bits per heavy atom. The number of carbonyl (C=O) groups excluding carboxylic acids is 1. The zero-order valence-electron chi connectivity index (χ0n) is 14.4. The average molecular weight is 393 g/mol. The highest BCUT2D eigenvalue weighted by Crippen LogP contribution is 2.29. The highest BCUT2D eigenvalue weighted by molar-refractivity contribution is 7.99. The third-order valence-electron chi connectivity index (χ3n) is 3.50. The molecule has 2 aromatic heterocycles. The lowest BCUT2D eigenvalue weighted by Crippen LogP contribution is -2.14. The maximum Gasteiger partial charge on any atom is 0.243 e. The van der Waals surface area contributed by atoms with Crippen molar-refractivity contribution in [3.05, 3.63) is 35.5 Å². The van der Waals surface area contributed by atoms with Crippen LogP contribution in [0.3, 0.4) is 0 Å². The summed E-state index contributed by atoms with van der Waals surface area (Å²) < 4.78 is 8.71. The molecule has 0 atom stereocenters. The fourth-order valence-electron chi connectivity index (χ4n) is 2.34. The van der Waals surface area contributed by atoms with Crippen molar-refractivity contribution in [3.63, 3.8) is 0 Å². The predicted octanol–water partition coefficient (Wildman–Crippen LogP) is 2.61. The van der Waals surface area contributed by atoms with Gasteiger partial charge >= 0.3 is 0 Å². The van der Waals surface area contributed by atoms with E-state index in [4.69, 9.17) is 16.3 Å². The number of ether oxygens (including phenoxy) is 1. The maximum absolute atomic E-state index is 12.1. The van der Waals surface area contributed by atoms with Gasteiger partial charge in [-0.15, -0.1) is 15.3 Å². The molecule has 1 amide bonds. The van der Waals surface area contributed by atoms with Crippen LogP contribution in [0.15, 0.2) is 35.6 Å². The molecule has 3 rings (SSSR count). The highest BCUT2D eigenvalue weighted by Gasteiger charge is 2.18. The number of carbonyl (C=O) groups is 1. The van der Waals surface area contributed by atoms with Crippen molar-refractivity contribution in [2.75, 3.05) is 18.2 Å². The quantitative estimate of drug-likeness (QED) is 0.649. The minimum absolute atomic E-state index is 0.152. The van der Waals surface area contributed by atoms with E-state index < -0.39 is 0 Å². The molecule has 0 aliphatic rings. The molecule has 0 radical (unpaired) electrons. The van der Waals surface area contributed by atoms with Crippen molar-refractivity contribution in [1.29, 1.82) is 0 Å². The van der Waals surface area contributed by atoms with Gasteiger partial charge in [-0.2, -0.15) is 0 Å². The summed E-state index contributed by atoms with van der Waals surface area (Å²) in [6.07, 6.45) is 1.81. The van der Waals surface area contributed by atoms with Crippen LogP contribution >= 0.6 is 23.4 Å². The van der Waals surface area contributed by atoms with Gasteiger partial charge in [0.25, 0.3) is 0 Å². The van der Waals surface area contributed by atoms with Crippen LogP contribution in [0.1, 0.15) is 0 Å². The van der Waals surface area contributed by atoms with Gasteiger partial charge in [0.15, 0.2) is 11.0 Å². The number of methoxy groups -OCH3 is 1. The third kappa shape index (κ3) is 4.00. The third-order valence-corrected chi connectivity index (χ3v) is 4.76. The average Bonchev–Trinajstić information content (AvgIpc) is 3.15. The van der Waals surface area contributed by atoms with Gasteiger partial charge in [-0.25, -0.2) is 0 Å². The summed E-state index contributed by atoms with van der Waals surface area (Å²) >= 11 is 7.20. The molecule has 0 aliphatic heterocycles. The van der Waals surface area contributed by atoms with Crippen LogP contribution in [0.2, 0.25) is 5.02 Å². The molecule has 0 fully saturated rings. The first-order valence-corrected chi connectivity index (χ1v) is 9.00. The molecular formula is C16H17ClN6O2S. The van der Waals surface area contributed by atoms with Gasteiger partial charge < -0.3 is 14.6 Å². The number of halogens is 1. The zero-order chi connectivity index (χ0) is 18.7. The standard InChI is InChI=1S/C16H17ClN6O2S/c1-22-8-12(15(21-22)25-3)14-19-20-16(23(14)2)26-9-13(24)18-11-6-4-5-10(17)7-11/h4-8H,9H2,1-3H3,(H,18,24). The second-order valence-electron chi connectivity index (χ2n) is 5.44. The molecule has 0 bridgehead atoms. The minimum Gasteiger partial charge on any atom is -0.479 e. The molecule has 0 saturated heterocycles. The summed E-state index contributed by atoms with van der Waals surface area (Å²) in [4.78, 5) is 12.1. The van der Waals surface area contributed by atoms with E-state index in [1.807, 2.05) is 13.2 Å². The van der Waals surface area contributed by atoms with Crippen LogP contribution in [0.25, 0.3) is 11.4 Å². The molecular weight excluding hydrogens is 376 g/mol. The Kier molecular flexibility index (Phi) is 5.48. The second-order valence-corrected chi connectivity index (χ2v) is 6.82. The zero-order valence-corrected chi connectivity index (χ0v) is 16.0. The molecule has 10 heteroatoms. The van der Waals surface area contributed by atoms with Crippen LogP contribution in [0.5, 0.6) is 5.88 Å². The van der Waals surface area contributed by atoms with Crippen LogP contribution in [0, 0.1) is 0 Å². The smallest absolute Gasteiger partial charge is 0.243 e. The summed E-state index contributed by atoms with van der Waals surface area (Å²) in [5.74, 6) is 1.13. The van der Waals surface area contributed by atoms with E-state index in [-0.39, 0.29) is 11.7 Å². The summed E-state index contributed by atoms with van der Waals surface area (Å²) in [5.41, 5.74) is 1.39. The van der Waals surface area contributed by atoms with E-state index in [0.29, 0.717) is 27.6 Å². The Balaban J connectivity index is 1.68. The van der Waals surface area contributed by atoms with Crippen molar-refractivity contribution in [2.24, 2.45) is 14.1 Å². The largest absolute Gasteiger partial charge is 0.479 e. The molecule has 8 nitrogen and oxygen atoms in total. The fourth-order valence-corrected chi connectivity index (χ4v) is 3.24. The lowest BCUT2D eigenvalue weighted by atomic mass is 10.3. The number of hydrogen-bond acceptors (Lipinski definition) is 6. The first-order chi connectivity index (χ1) is 12.5. The van der Waals surface area contributed by atoms with Gasteiger partial charge in [-0.3, -0.25) is 9.48 Å². The summed E-state index contributed by atoms with van der Waals surface area (Å²) in [6.45, 7) is 0. The van der Waals surface area contributed by atoms with Crippen molar-refractivity contribution in [1.82, 2.24) is 24.5 Å². The Bertz CT molecular complexity index is 939. The van der Waals surface area contributed by atoms with E-state index in [0.717, 1.165) is 5.56 Å². The number of aryl methyl sites for hydroxylation is 1. The monoisotopic (exact) mass is 392 g/mol. The van der Waals surface area contributed by atoms with E-state index in [2.05, 4.69) is 20.6 Å².